The maximum absolute atomic E-state index is 12.2. The molecule has 0 spiro atoms. The number of carbonyl (C=O) groups is 1. The predicted molar refractivity (Wildman–Crippen MR) is 69.9 cm³/mol. The quantitative estimate of drug-likeness (QED) is 0.868. The van der Waals surface area contributed by atoms with Gasteiger partial charge in [-0.05, 0) is 49.8 Å². The predicted octanol–water partition coefficient (Wildman–Crippen LogP) is 2.54. The fourth-order valence-corrected chi connectivity index (χ4v) is 2.76. The molecule has 0 bridgehead atoms. The zero-order valence-corrected chi connectivity index (χ0v) is 10.7. The van der Waals surface area contributed by atoms with Gasteiger partial charge in [-0.3, -0.25) is 4.79 Å². The molecule has 2 N–H and O–H groups in total. The maximum atomic E-state index is 12.2. The van der Waals surface area contributed by atoms with Crippen molar-refractivity contribution in [2.45, 2.75) is 45.6 Å². The van der Waals surface area contributed by atoms with Crippen LogP contribution >= 0.6 is 0 Å². The summed E-state index contributed by atoms with van der Waals surface area (Å²) in [6.07, 6.45) is 3.44. The summed E-state index contributed by atoms with van der Waals surface area (Å²) in [5.74, 6) is 0.569. The third-order valence-corrected chi connectivity index (χ3v) is 3.92. The van der Waals surface area contributed by atoms with E-state index in [2.05, 4.69) is 26.0 Å². The van der Waals surface area contributed by atoms with Gasteiger partial charge in [0.15, 0.2) is 0 Å². The van der Waals surface area contributed by atoms with Crippen molar-refractivity contribution in [3.8, 4) is 0 Å². The molecule has 0 aliphatic heterocycles. The van der Waals surface area contributed by atoms with Crippen LogP contribution in [0.15, 0.2) is 18.2 Å². The first-order valence-corrected chi connectivity index (χ1v) is 6.41. The van der Waals surface area contributed by atoms with E-state index in [0.29, 0.717) is 12.2 Å². The zero-order chi connectivity index (χ0) is 12.4. The molecule has 2 rings (SSSR count). The summed E-state index contributed by atoms with van der Waals surface area (Å²) in [7, 11) is 0. The Labute approximate surface area is 103 Å². The molecule has 17 heavy (non-hydrogen) atoms. The van der Waals surface area contributed by atoms with Gasteiger partial charge in [0.2, 0.25) is 0 Å². The van der Waals surface area contributed by atoms with Crippen LogP contribution in [0.2, 0.25) is 0 Å². The lowest BCUT2D eigenvalue weighted by atomic mass is 9.92. The van der Waals surface area contributed by atoms with E-state index in [4.69, 9.17) is 5.73 Å². The molecule has 0 saturated heterocycles. The number of hydrogen-bond donors (Lipinski definition) is 1. The Morgan fingerprint density at radius 1 is 1.29 bits per heavy atom. The van der Waals surface area contributed by atoms with Crippen molar-refractivity contribution in [3.05, 3.63) is 34.9 Å². The molecule has 1 fully saturated rings. The second kappa shape index (κ2) is 5.01. The van der Waals surface area contributed by atoms with E-state index in [1.54, 1.807) is 0 Å². The van der Waals surface area contributed by atoms with Crippen LogP contribution in [0.4, 0.5) is 0 Å². The van der Waals surface area contributed by atoms with Crippen molar-refractivity contribution in [1.82, 2.24) is 0 Å². The lowest BCUT2D eigenvalue weighted by molar-refractivity contribution is -0.122. The van der Waals surface area contributed by atoms with Gasteiger partial charge in [0.05, 0.1) is 0 Å². The van der Waals surface area contributed by atoms with Gasteiger partial charge < -0.3 is 5.73 Å². The number of ketones is 1. The molecule has 1 aromatic carbocycles. The molecule has 0 aromatic heterocycles. The highest BCUT2D eigenvalue weighted by Gasteiger charge is 2.27. The highest BCUT2D eigenvalue weighted by Crippen LogP contribution is 2.27. The molecular formula is C15H21NO. The van der Waals surface area contributed by atoms with Crippen LogP contribution in [-0.4, -0.2) is 11.8 Å². The highest BCUT2D eigenvalue weighted by atomic mass is 16.1. The van der Waals surface area contributed by atoms with Crippen LogP contribution in [0.3, 0.4) is 0 Å². The normalized spacial score (nSPS) is 23.9. The first-order valence-electron chi connectivity index (χ1n) is 6.41. The molecule has 92 valence electrons. The van der Waals surface area contributed by atoms with Crippen LogP contribution < -0.4 is 5.73 Å². The van der Waals surface area contributed by atoms with Crippen molar-refractivity contribution in [2.75, 3.05) is 0 Å². The average molecular weight is 231 g/mol. The third kappa shape index (κ3) is 2.75. The Morgan fingerprint density at radius 2 is 1.94 bits per heavy atom. The van der Waals surface area contributed by atoms with Gasteiger partial charge in [-0.1, -0.05) is 18.2 Å². The number of rotatable bonds is 3. The van der Waals surface area contributed by atoms with E-state index in [9.17, 15) is 4.79 Å². The fourth-order valence-electron chi connectivity index (χ4n) is 2.76. The van der Waals surface area contributed by atoms with Gasteiger partial charge in [-0.15, -0.1) is 0 Å². The number of nitrogens with two attached hydrogens (primary N) is 1. The number of Topliss-reactive ketones (excluding diaryl/α,β-unsaturated/α-hetero) is 1. The van der Waals surface area contributed by atoms with Gasteiger partial charge in [0.25, 0.3) is 0 Å². The van der Waals surface area contributed by atoms with Crippen molar-refractivity contribution in [2.24, 2.45) is 11.7 Å². The molecule has 2 unspecified atom stereocenters. The van der Waals surface area contributed by atoms with Gasteiger partial charge >= 0.3 is 0 Å². The Bertz CT molecular complexity index is 405. The van der Waals surface area contributed by atoms with E-state index in [0.717, 1.165) is 19.3 Å². The van der Waals surface area contributed by atoms with Crippen LogP contribution in [0.25, 0.3) is 0 Å². The summed E-state index contributed by atoms with van der Waals surface area (Å²) >= 11 is 0. The topological polar surface area (TPSA) is 43.1 Å². The van der Waals surface area contributed by atoms with E-state index in [1.807, 2.05) is 6.07 Å². The van der Waals surface area contributed by atoms with Crippen LogP contribution in [0.5, 0.6) is 0 Å². The van der Waals surface area contributed by atoms with E-state index < -0.39 is 0 Å². The van der Waals surface area contributed by atoms with Gasteiger partial charge in [-0.2, -0.15) is 0 Å². The number of hydrogen-bond acceptors (Lipinski definition) is 2. The van der Waals surface area contributed by atoms with Crippen molar-refractivity contribution < 1.29 is 4.79 Å². The number of benzene rings is 1. The van der Waals surface area contributed by atoms with Gasteiger partial charge in [-0.25, -0.2) is 0 Å². The Hall–Kier alpha value is -1.15. The second-order valence-electron chi connectivity index (χ2n) is 5.28. The maximum Gasteiger partial charge on any atom is 0.140 e. The van der Waals surface area contributed by atoms with Crippen molar-refractivity contribution in [1.29, 1.82) is 0 Å². The van der Waals surface area contributed by atoms with E-state index in [-0.39, 0.29) is 12.0 Å². The minimum atomic E-state index is 0.198. The summed E-state index contributed by atoms with van der Waals surface area (Å²) in [6.45, 7) is 4.16. The molecule has 1 saturated carbocycles. The number of aryl methyl sites for hydroxylation is 2. The Balaban J connectivity index is 2.08. The van der Waals surface area contributed by atoms with Crippen molar-refractivity contribution >= 4 is 5.78 Å². The minimum absolute atomic E-state index is 0.198. The van der Waals surface area contributed by atoms with Crippen molar-refractivity contribution in [3.63, 3.8) is 0 Å². The largest absolute Gasteiger partial charge is 0.328 e. The van der Waals surface area contributed by atoms with E-state index in [1.165, 1.54) is 16.7 Å². The first kappa shape index (κ1) is 12.3. The summed E-state index contributed by atoms with van der Waals surface area (Å²) in [4.78, 5) is 12.2. The van der Waals surface area contributed by atoms with Gasteiger partial charge in [0, 0.05) is 18.4 Å². The monoisotopic (exact) mass is 231 g/mol. The molecule has 0 amide bonds. The zero-order valence-electron chi connectivity index (χ0n) is 10.7. The molecule has 1 aliphatic carbocycles. The third-order valence-electron chi connectivity index (χ3n) is 3.92. The van der Waals surface area contributed by atoms with Crippen LogP contribution in [-0.2, 0) is 11.2 Å². The molecule has 0 radical (unpaired) electrons. The average Bonchev–Trinajstić information content (AvgIpc) is 2.70. The second-order valence-corrected chi connectivity index (χ2v) is 5.28. The fraction of sp³-hybridized carbons (Fsp3) is 0.533. The van der Waals surface area contributed by atoms with Gasteiger partial charge in [0.1, 0.15) is 5.78 Å². The summed E-state index contributed by atoms with van der Waals surface area (Å²) < 4.78 is 0. The first-order chi connectivity index (χ1) is 8.08. The molecule has 2 atom stereocenters. The standard InChI is InChI=1S/C15H21NO/c1-10-4-3-5-11(2)14(10)9-15(17)12-6-7-13(16)8-12/h3-5,12-13H,6-9,16H2,1-2H3. The smallest absolute Gasteiger partial charge is 0.140 e. The highest BCUT2D eigenvalue weighted by molar-refractivity contribution is 5.84. The number of carbonyl (C=O) groups excluding carboxylic acids is 1. The molecule has 1 aromatic rings. The Morgan fingerprint density at radius 3 is 2.47 bits per heavy atom. The molecular weight excluding hydrogens is 210 g/mol. The molecule has 0 heterocycles. The van der Waals surface area contributed by atoms with Crippen LogP contribution in [0.1, 0.15) is 36.0 Å². The summed E-state index contributed by atoms with van der Waals surface area (Å²) in [5, 5.41) is 0. The lowest BCUT2D eigenvalue weighted by Gasteiger charge is -2.12. The SMILES string of the molecule is Cc1cccc(C)c1CC(=O)C1CCC(N)C1. The van der Waals surface area contributed by atoms with E-state index >= 15 is 0 Å². The minimum Gasteiger partial charge on any atom is -0.328 e. The van der Waals surface area contributed by atoms with Crippen LogP contribution in [0, 0.1) is 19.8 Å². The molecule has 1 aliphatic rings. The molecule has 2 heteroatoms. The lowest BCUT2D eigenvalue weighted by Crippen LogP contribution is -2.19. The summed E-state index contributed by atoms with van der Waals surface area (Å²) in [5.41, 5.74) is 9.52. The summed E-state index contributed by atoms with van der Waals surface area (Å²) in [6, 6.07) is 6.44. The Kier molecular flexibility index (Phi) is 3.63. The molecule has 2 nitrogen and oxygen atoms in total.